The van der Waals surface area contributed by atoms with Crippen LogP contribution in [0.5, 0.6) is 0 Å². The summed E-state index contributed by atoms with van der Waals surface area (Å²) in [5, 5.41) is 0. The molecule has 0 radical (unpaired) electrons. The second-order valence-corrected chi connectivity index (χ2v) is 46.9. The van der Waals surface area contributed by atoms with Crippen molar-refractivity contribution >= 4 is 178 Å². The number of unbranched alkanes of at least 4 members (excludes halogenated alkanes) is 12. The molecule has 0 saturated carbocycles. The van der Waals surface area contributed by atoms with Gasteiger partial charge in [-0.1, -0.05) is 231 Å². The normalized spacial score (nSPS) is 11.8. The summed E-state index contributed by atoms with van der Waals surface area (Å²) in [6, 6.07) is 0. The van der Waals surface area contributed by atoms with Gasteiger partial charge in [0.15, 0.2) is 0 Å². The van der Waals surface area contributed by atoms with Gasteiger partial charge >= 0.3 is 21.1 Å². The fraction of sp³-hybridized carbons (Fsp3) is 1.00. The van der Waals surface area contributed by atoms with Gasteiger partial charge in [0, 0.05) is 0 Å². The van der Waals surface area contributed by atoms with Crippen LogP contribution in [0.1, 0.15) is 237 Å². The molecule has 0 unspecified atom stereocenters. The van der Waals surface area contributed by atoms with Gasteiger partial charge in [-0.2, -0.15) is 0 Å². The quantitative estimate of drug-likeness (QED) is 0.0249. The summed E-state index contributed by atoms with van der Waals surface area (Å²) in [5.74, 6) is 0. The van der Waals surface area contributed by atoms with E-state index in [1.165, 1.54) is 0 Å². The Labute approximate surface area is 564 Å². The molecule has 0 amide bonds. The van der Waals surface area contributed by atoms with Gasteiger partial charge in [0.05, 0.1) is 113 Å². The van der Waals surface area contributed by atoms with Crippen LogP contribution in [-0.4, -0.2) is 79.3 Å². The molecule has 0 saturated heterocycles. The van der Waals surface area contributed by atoms with Gasteiger partial charge in [-0.05, 0) is 77.0 Å². The molecule has 0 N–H and O–H groups in total. The van der Waals surface area contributed by atoms with E-state index in [0.717, 1.165) is 154 Å². The van der Waals surface area contributed by atoms with Crippen molar-refractivity contribution in [1.82, 2.24) is 0 Å². The van der Waals surface area contributed by atoms with Crippen LogP contribution in [0, 0.1) is 0 Å². The van der Waals surface area contributed by atoms with Crippen LogP contribution in [0.25, 0.3) is 0 Å². The van der Waals surface area contributed by atoms with Gasteiger partial charge in [0.2, 0.25) is 0 Å². The smallest absolute Gasteiger partial charge is 0.691 e. The van der Waals surface area contributed by atoms with E-state index in [1.54, 1.807) is 0 Å². The van der Waals surface area contributed by atoms with E-state index in [2.05, 4.69) is 83.1 Å². The number of hydrogen-bond acceptors (Lipinski definition) is 24. The zero-order valence-corrected chi connectivity index (χ0v) is 67.5. The van der Waals surface area contributed by atoms with Crippen molar-refractivity contribution in [2.45, 2.75) is 237 Å². The Balaban J connectivity index is -0.000000157. The van der Waals surface area contributed by atoms with Gasteiger partial charge in [0.1, 0.15) is 0 Å². The van der Waals surface area contributed by atoms with E-state index >= 15 is 0 Å². The fourth-order valence-electron chi connectivity index (χ4n) is 4.07. The van der Waals surface area contributed by atoms with Crippen LogP contribution in [0.4, 0.5) is 0 Å². The number of rotatable bonds is 48. The predicted octanol–water partition coefficient (Wildman–Crippen LogP) is 20.3. The van der Waals surface area contributed by atoms with Crippen LogP contribution < -0.4 is 0 Å². The standard InChI is InChI=1S/6C8H19O2PS2.Mo/c6*1-3-5-7-9-11(12,13)10-8-6-4-2;/h6*3-8H2,1-2H3,(H,12,13);/q;;;;;;+6/p-6. The molecule has 0 aliphatic heterocycles. The van der Waals surface area contributed by atoms with Crippen molar-refractivity contribution in [3.63, 3.8) is 0 Å². The number of hydrogen-bond donors (Lipinski definition) is 0. The third kappa shape index (κ3) is 93.0. The molecule has 0 aliphatic carbocycles. The van der Waals surface area contributed by atoms with Crippen LogP contribution in [0.15, 0.2) is 0 Å². The Bertz CT molecular complexity index is 1190. The van der Waals surface area contributed by atoms with Crippen LogP contribution in [-0.2, 0) is 220 Å². The zero-order valence-electron chi connectivity index (χ0n) is 50.3. The Morgan fingerprint density at radius 3 is 0.304 bits per heavy atom. The average molecular weight is 1540 g/mol. The first-order valence-electron chi connectivity index (χ1n) is 28.3. The minimum absolute atomic E-state index is 0. The van der Waals surface area contributed by atoms with E-state index in [0.29, 0.717) is 79.3 Å². The molecule has 0 spiro atoms. The topological polar surface area (TPSA) is 111 Å². The second kappa shape index (κ2) is 71.6. The third-order valence-corrected chi connectivity index (χ3v) is 22.5. The predicted molar refractivity (Wildman–Crippen MR) is 380 cm³/mol. The molecule has 79 heavy (non-hydrogen) atoms. The molecule has 31 heteroatoms. The molecular weight excluding hydrogens is 1440 g/mol. The molecular formula is C48H108MoO12P6S12. The Kier molecular flexibility index (Phi) is 89.6. The maximum Gasteiger partial charge on any atom is 6.00 e. The molecule has 0 rings (SSSR count). The summed E-state index contributed by atoms with van der Waals surface area (Å²) < 4.78 is 64.0. The molecule has 0 aromatic heterocycles. The van der Waals surface area contributed by atoms with Crippen molar-refractivity contribution in [1.29, 1.82) is 0 Å². The molecule has 480 valence electrons. The molecule has 0 heterocycles. The van der Waals surface area contributed by atoms with Crippen molar-refractivity contribution in [2.75, 3.05) is 79.3 Å². The summed E-state index contributed by atoms with van der Waals surface area (Å²) in [7, 11) is 0. The third-order valence-electron chi connectivity index (χ3n) is 8.97. The summed E-state index contributed by atoms with van der Waals surface area (Å²) >= 11 is 60.6. The molecule has 0 atom stereocenters. The Morgan fingerprint density at radius 2 is 0.253 bits per heavy atom. The minimum atomic E-state index is -2.34. The zero-order chi connectivity index (χ0) is 60.9. The molecule has 0 aromatic carbocycles. The Hall–Kier alpha value is 6.21. The van der Waals surface area contributed by atoms with E-state index < -0.39 is 34.2 Å². The van der Waals surface area contributed by atoms with Gasteiger partial charge in [-0.25, -0.2) is 0 Å². The molecule has 12 nitrogen and oxygen atoms in total. The minimum Gasteiger partial charge on any atom is -0.691 e. The Morgan fingerprint density at radius 1 is 0.190 bits per heavy atom. The first-order valence-corrected chi connectivity index (χ1v) is 50.2. The van der Waals surface area contributed by atoms with Gasteiger partial charge in [-0.3, -0.25) is 0 Å². The van der Waals surface area contributed by atoms with Gasteiger partial charge < -0.3 is 128 Å². The van der Waals surface area contributed by atoms with Gasteiger partial charge in [0.25, 0.3) is 0 Å². The second-order valence-electron chi connectivity index (χ2n) is 16.9. The molecule has 0 aliphatic rings. The van der Waals surface area contributed by atoms with Crippen LogP contribution >= 0.6 is 34.2 Å². The first kappa shape index (κ1) is 98.8. The molecule has 0 bridgehead atoms. The average Bonchev–Trinajstić information content (AvgIpc) is 3.35. The fourth-order valence-corrected chi connectivity index (χ4v) is 14.1. The summed E-state index contributed by atoms with van der Waals surface area (Å²) in [6.45, 7) is 33.0. The van der Waals surface area contributed by atoms with Crippen LogP contribution in [0.2, 0.25) is 0 Å². The maximum absolute atomic E-state index is 5.33. The first-order chi connectivity index (χ1) is 36.7. The SMILES string of the molecule is CCCCOP(=S)([S-])OCCCC.CCCCOP(=S)([S-])OCCCC.CCCCOP(=S)([S-])OCCCC.CCCCOP(=S)([S-])OCCCC.CCCCOP(=S)([S-])OCCCC.CCCCOP(=S)([S-])OCCCC.[Mo+6]. The van der Waals surface area contributed by atoms with Crippen molar-refractivity contribution in [3.8, 4) is 0 Å². The van der Waals surface area contributed by atoms with E-state index in [4.69, 9.17) is 199 Å². The summed E-state index contributed by atoms with van der Waals surface area (Å²) in [5.41, 5.74) is -14.0. The molecule has 0 aromatic rings. The van der Waals surface area contributed by atoms with E-state index in [9.17, 15) is 0 Å². The molecule has 0 fully saturated rings. The monoisotopic (exact) mass is 1540 g/mol. The summed E-state index contributed by atoms with van der Waals surface area (Å²) in [6.07, 6.45) is 25.2. The van der Waals surface area contributed by atoms with Crippen LogP contribution in [0.3, 0.4) is 0 Å². The van der Waals surface area contributed by atoms with E-state index in [1.807, 2.05) is 0 Å². The summed E-state index contributed by atoms with van der Waals surface area (Å²) in [4.78, 5) is 0. The van der Waals surface area contributed by atoms with Crippen molar-refractivity contribution in [3.05, 3.63) is 0 Å². The van der Waals surface area contributed by atoms with Gasteiger partial charge in [-0.15, -0.1) is 0 Å². The largest absolute Gasteiger partial charge is 6.00 e. The van der Waals surface area contributed by atoms with E-state index in [-0.39, 0.29) is 21.1 Å². The van der Waals surface area contributed by atoms with Crippen molar-refractivity contribution < 1.29 is 75.4 Å². The maximum atomic E-state index is 5.33. The van der Waals surface area contributed by atoms with Crippen molar-refractivity contribution in [2.24, 2.45) is 0 Å².